The fourth-order valence-electron chi connectivity index (χ4n) is 8.40. The van der Waals surface area contributed by atoms with E-state index < -0.39 is 41.4 Å². The van der Waals surface area contributed by atoms with Crippen molar-refractivity contribution in [3.8, 4) is 34.3 Å². The van der Waals surface area contributed by atoms with Crippen LogP contribution in [0.2, 0.25) is 0 Å². The van der Waals surface area contributed by atoms with Crippen LogP contribution in [0.4, 0.5) is 21.5 Å². The Morgan fingerprint density at radius 2 is 1.71 bits per heavy atom. The van der Waals surface area contributed by atoms with Gasteiger partial charge in [-0.2, -0.15) is 5.26 Å². The number of nitrogens with zero attached hydrogens (tertiary/aromatic N) is 7. The Hall–Kier alpha value is -8.07. The molecule has 0 bridgehead atoms. The number of aromatic nitrogens is 3. The van der Waals surface area contributed by atoms with Crippen LogP contribution in [0, 0.1) is 17.1 Å². The van der Waals surface area contributed by atoms with Gasteiger partial charge in [-0.1, -0.05) is 25.0 Å². The molecule has 3 N–H and O–H groups in total. The van der Waals surface area contributed by atoms with Gasteiger partial charge in [0.25, 0.3) is 17.7 Å². The number of piperidine rings is 1. The maximum atomic E-state index is 14.9. The SMILES string of the molecule is COc1cccc(F)c1-c1nccc(C(=O)Nc2ccc(-c3cnccc3C#N)cc2N2CCN(C(=O)CCCCCCNc3ccc4c(c3)C(=O)N(C3CCC(=O)NC3=O)C4=O)CC2)n1. The number of amides is 6. The largest absolute Gasteiger partial charge is 0.496 e. The van der Waals surface area contributed by atoms with Crippen molar-refractivity contribution in [1.82, 2.24) is 30.1 Å². The molecule has 8 rings (SSSR count). The lowest BCUT2D eigenvalue weighted by Crippen LogP contribution is -2.54. The average Bonchev–Trinajstić information content (AvgIpc) is 3.58. The highest BCUT2D eigenvalue weighted by atomic mass is 19.1. The number of carbonyl (C=O) groups excluding carboxylic acids is 6. The van der Waals surface area contributed by atoms with Crippen LogP contribution in [0.15, 0.2) is 85.3 Å². The number of unbranched alkanes of at least 4 members (excludes halogenated alkanes) is 3. The fourth-order valence-corrected chi connectivity index (χ4v) is 8.40. The molecule has 2 saturated heterocycles. The maximum absolute atomic E-state index is 14.9. The molecule has 3 aliphatic heterocycles. The number of fused-ring (bicyclic) bond motifs is 1. The van der Waals surface area contributed by atoms with Crippen molar-refractivity contribution in [1.29, 1.82) is 5.26 Å². The Morgan fingerprint density at radius 1 is 0.909 bits per heavy atom. The summed E-state index contributed by atoms with van der Waals surface area (Å²) in [5.41, 5.74) is 4.07. The number of benzene rings is 3. The van der Waals surface area contributed by atoms with Crippen LogP contribution in [0.25, 0.3) is 22.5 Å². The summed E-state index contributed by atoms with van der Waals surface area (Å²) in [5, 5.41) is 18.3. The number of methoxy groups -OCH3 is 1. The summed E-state index contributed by atoms with van der Waals surface area (Å²) in [7, 11) is 1.41. The number of pyridine rings is 1. The Bertz CT molecular complexity index is 2790. The van der Waals surface area contributed by atoms with E-state index in [0.717, 1.165) is 29.7 Å². The number of carbonyl (C=O) groups is 6. The van der Waals surface area contributed by atoms with Crippen molar-refractivity contribution < 1.29 is 37.9 Å². The quantitative estimate of drug-likeness (QED) is 0.0864. The summed E-state index contributed by atoms with van der Waals surface area (Å²) >= 11 is 0. The van der Waals surface area contributed by atoms with Gasteiger partial charge in [0.1, 0.15) is 23.3 Å². The van der Waals surface area contributed by atoms with E-state index in [1.54, 1.807) is 54.9 Å². The molecule has 18 heteroatoms. The third kappa shape index (κ3) is 9.41. The van der Waals surface area contributed by atoms with E-state index in [4.69, 9.17) is 4.74 Å². The smallest absolute Gasteiger partial charge is 0.274 e. The Labute approximate surface area is 379 Å². The fraction of sp³-hybridized carbons (Fsp3) is 0.292. The lowest BCUT2D eigenvalue weighted by molar-refractivity contribution is -0.136. The first-order valence-corrected chi connectivity index (χ1v) is 21.6. The lowest BCUT2D eigenvalue weighted by Gasteiger charge is -2.37. The van der Waals surface area contributed by atoms with Crippen LogP contribution in [0.1, 0.15) is 81.7 Å². The topological polar surface area (TPSA) is 220 Å². The first kappa shape index (κ1) is 44.5. The number of anilines is 3. The molecule has 2 fully saturated rings. The first-order valence-electron chi connectivity index (χ1n) is 21.6. The summed E-state index contributed by atoms with van der Waals surface area (Å²) in [6.45, 7) is 2.47. The van der Waals surface area contributed by atoms with Gasteiger partial charge < -0.3 is 25.2 Å². The molecule has 0 saturated carbocycles. The summed E-state index contributed by atoms with van der Waals surface area (Å²) in [4.78, 5) is 94.9. The zero-order chi connectivity index (χ0) is 46.3. The zero-order valence-electron chi connectivity index (χ0n) is 36.0. The van der Waals surface area contributed by atoms with E-state index in [1.165, 1.54) is 31.5 Å². The highest BCUT2D eigenvalue weighted by molar-refractivity contribution is 6.23. The lowest BCUT2D eigenvalue weighted by atomic mass is 10.0. The number of rotatable bonds is 15. The van der Waals surface area contributed by atoms with Gasteiger partial charge in [0.05, 0.1) is 46.8 Å². The maximum Gasteiger partial charge on any atom is 0.274 e. The van der Waals surface area contributed by atoms with E-state index in [1.807, 2.05) is 11.0 Å². The van der Waals surface area contributed by atoms with Gasteiger partial charge >= 0.3 is 0 Å². The van der Waals surface area contributed by atoms with Crippen LogP contribution in [0.3, 0.4) is 0 Å². The molecule has 0 spiro atoms. The van der Waals surface area contributed by atoms with Gasteiger partial charge in [-0.05, 0) is 79.4 Å². The third-order valence-electron chi connectivity index (χ3n) is 11.9. The minimum absolute atomic E-state index is 0.00291. The summed E-state index contributed by atoms with van der Waals surface area (Å²) in [6.07, 6.45) is 8.31. The number of imide groups is 2. The van der Waals surface area contributed by atoms with Gasteiger partial charge in [0.15, 0.2) is 5.82 Å². The predicted octanol–water partition coefficient (Wildman–Crippen LogP) is 5.59. The molecule has 336 valence electrons. The second kappa shape index (κ2) is 19.8. The van der Waals surface area contributed by atoms with Crippen LogP contribution in [-0.2, 0) is 14.4 Å². The number of hydrogen-bond acceptors (Lipinski definition) is 13. The van der Waals surface area contributed by atoms with Gasteiger partial charge in [0.2, 0.25) is 17.7 Å². The van der Waals surface area contributed by atoms with E-state index in [-0.39, 0.29) is 52.7 Å². The summed E-state index contributed by atoms with van der Waals surface area (Å²) in [6, 6.07) is 18.9. The molecule has 1 unspecified atom stereocenters. The van der Waals surface area contributed by atoms with E-state index >= 15 is 0 Å². The number of ether oxygens (including phenoxy) is 1. The third-order valence-corrected chi connectivity index (χ3v) is 11.9. The van der Waals surface area contributed by atoms with Crippen molar-refractivity contribution in [3.63, 3.8) is 0 Å². The van der Waals surface area contributed by atoms with Crippen molar-refractivity contribution >= 4 is 52.5 Å². The highest BCUT2D eigenvalue weighted by Gasteiger charge is 2.44. The second-order valence-electron chi connectivity index (χ2n) is 16.0. The molecule has 2 aromatic heterocycles. The van der Waals surface area contributed by atoms with Crippen LogP contribution >= 0.6 is 0 Å². The second-order valence-corrected chi connectivity index (χ2v) is 16.0. The minimum atomic E-state index is -1.02. The van der Waals surface area contributed by atoms with Crippen LogP contribution in [-0.4, -0.2) is 106 Å². The normalized spacial score (nSPS) is 15.8. The van der Waals surface area contributed by atoms with E-state index in [9.17, 15) is 38.4 Å². The zero-order valence-corrected chi connectivity index (χ0v) is 36.0. The van der Waals surface area contributed by atoms with Gasteiger partial charge in [-0.25, -0.2) is 14.4 Å². The Morgan fingerprint density at radius 3 is 2.50 bits per heavy atom. The molecule has 17 nitrogen and oxygen atoms in total. The Balaban J connectivity index is 0.842. The molecule has 0 radical (unpaired) electrons. The molecular weight excluding hydrogens is 848 g/mol. The van der Waals surface area contributed by atoms with Crippen molar-refractivity contribution in [2.45, 2.75) is 51.0 Å². The summed E-state index contributed by atoms with van der Waals surface area (Å²) in [5.74, 6) is -3.07. The van der Waals surface area contributed by atoms with Crippen LogP contribution in [0.5, 0.6) is 5.75 Å². The summed E-state index contributed by atoms with van der Waals surface area (Å²) < 4.78 is 20.2. The molecule has 0 aliphatic carbocycles. The first-order chi connectivity index (χ1) is 32.0. The number of nitrogens with one attached hydrogen (secondary N) is 3. The number of hydrogen-bond donors (Lipinski definition) is 3. The van der Waals surface area contributed by atoms with Crippen LogP contribution < -0.4 is 25.6 Å². The standard InChI is InChI=1S/C48H45FN10O7/c1-66-40-8-6-7-35(49)43(40)44-53-20-17-37(54-44)45(62)55-36-13-10-29(34-28-51-19-16-30(34)27-50)25-39(36)57-21-23-58(24-22-57)42(61)9-4-2-3-5-18-52-31-11-12-32-33(26-31)48(65)59(47(32)64)38-14-15-41(60)56-46(38)63/h6-8,10-13,16-17,19-20,25-26,28,38,52H,2-5,9,14-15,18,21-24H2,1H3,(H,55,62)(H,56,60,63). The van der Waals surface area contributed by atoms with E-state index in [2.05, 4.69) is 41.9 Å². The molecule has 3 aliphatic rings. The van der Waals surface area contributed by atoms with Crippen molar-refractivity contribution in [3.05, 3.63) is 114 Å². The highest BCUT2D eigenvalue weighted by Crippen LogP contribution is 2.35. The molecule has 1 atom stereocenters. The van der Waals surface area contributed by atoms with Gasteiger partial charge in [0, 0.05) is 75.4 Å². The van der Waals surface area contributed by atoms with Crippen molar-refractivity contribution in [2.24, 2.45) is 0 Å². The molecule has 6 amide bonds. The molecule has 5 aromatic rings. The van der Waals surface area contributed by atoms with Crippen molar-refractivity contribution in [2.75, 3.05) is 55.4 Å². The molecule has 3 aromatic carbocycles. The van der Waals surface area contributed by atoms with Gasteiger partial charge in [-0.15, -0.1) is 0 Å². The number of piperazine rings is 1. The van der Waals surface area contributed by atoms with E-state index in [0.29, 0.717) is 73.8 Å². The monoisotopic (exact) mass is 892 g/mol. The Kier molecular flexibility index (Phi) is 13.3. The average molecular weight is 893 g/mol. The predicted molar refractivity (Wildman–Crippen MR) is 240 cm³/mol. The number of nitriles is 1. The number of halogens is 1. The van der Waals surface area contributed by atoms with Gasteiger partial charge in [-0.3, -0.25) is 44.0 Å². The molecule has 66 heavy (non-hydrogen) atoms. The molecular formula is C48H45FN10O7. The molecule has 5 heterocycles. The minimum Gasteiger partial charge on any atom is -0.496 e.